The van der Waals surface area contributed by atoms with Gasteiger partial charge in [0.2, 0.25) is 0 Å². The molecule has 0 aromatic heterocycles. The SMILES string of the molecule is CO[Si](CCCNCCC(C)=O)(OC)OC. The first-order valence-corrected chi connectivity index (χ1v) is 7.39. The molecule has 0 radical (unpaired) electrons. The van der Waals surface area contributed by atoms with Crippen molar-refractivity contribution in [3.8, 4) is 0 Å². The molecule has 0 saturated carbocycles. The molecule has 1 N–H and O–H groups in total. The highest BCUT2D eigenvalue weighted by atomic mass is 28.4. The van der Waals surface area contributed by atoms with E-state index in [1.54, 1.807) is 28.3 Å². The lowest BCUT2D eigenvalue weighted by atomic mass is 10.3. The van der Waals surface area contributed by atoms with Crippen LogP contribution in [0.2, 0.25) is 6.04 Å². The summed E-state index contributed by atoms with van der Waals surface area (Å²) in [5.41, 5.74) is 0. The third kappa shape index (κ3) is 6.34. The monoisotopic (exact) mass is 249 g/mol. The van der Waals surface area contributed by atoms with E-state index in [0.29, 0.717) is 6.42 Å². The number of Topliss-reactive ketones (excluding diaryl/α,β-unsaturated/α-hetero) is 1. The van der Waals surface area contributed by atoms with Gasteiger partial charge in [-0.2, -0.15) is 0 Å². The van der Waals surface area contributed by atoms with Crippen molar-refractivity contribution in [2.45, 2.75) is 25.8 Å². The fourth-order valence-electron chi connectivity index (χ4n) is 1.38. The second-order valence-corrected chi connectivity index (χ2v) is 6.69. The van der Waals surface area contributed by atoms with Crippen LogP contribution in [0.1, 0.15) is 19.8 Å². The largest absolute Gasteiger partial charge is 0.500 e. The second-order valence-electron chi connectivity index (χ2n) is 3.60. The summed E-state index contributed by atoms with van der Waals surface area (Å²) in [6, 6.07) is 0.781. The van der Waals surface area contributed by atoms with Crippen LogP contribution in [0.4, 0.5) is 0 Å². The Hall–Kier alpha value is -0.273. The summed E-state index contributed by atoms with van der Waals surface area (Å²) in [4.78, 5) is 10.7. The van der Waals surface area contributed by atoms with Gasteiger partial charge in [-0.1, -0.05) is 0 Å². The molecule has 0 aliphatic rings. The lowest BCUT2D eigenvalue weighted by Crippen LogP contribution is -2.43. The molecule has 0 amide bonds. The maximum atomic E-state index is 10.7. The first-order chi connectivity index (χ1) is 7.60. The molecule has 6 heteroatoms. The van der Waals surface area contributed by atoms with Crippen molar-refractivity contribution in [1.82, 2.24) is 5.32 Å². The molecule has 96 valence electrons. The van der Waals surface area contributed by atoms with Crippen molar-refractivity contribution in [3.05, 3.63) is 0 Å². The number of nitrogens with one attached hydrogen (secondary N) is 1. The first kappa shape index (κ1) is 15.7. The molecule has 0 aliphatic carbocycles. The molecular formula is C10H23NO4Si. The van der Waals surface area contributed by atoms with Crippen molar-refractivity contribution < 1.29 is 18.1 Å². The van der Waals surface area contributed by atoms with Crippen LogP contribution in [-0.2, 0) is 18.1 Å². The normalized spacial score (nSPS) is 11.8. The van der Waals surface area contributed by atoms with Gasteiger partial charge in [0.05, 0.1) is 0 Å². The molecular weight excluding hydrogens is 226 g/mol. The molecule has 0 aliphatic heterocycles. The molecule has 0 saturated heterocycles. The summed E-state index contributed by atoms with van der Waals surface area (Å²) in [6.45, 7) is 3.18. The molecule has 5 nitrogen and oxygen atoms in total. The Morgan fingerprint density at radius 2 is 1.69 bits per heavy atom. The molecule has 0 spiro atoms. The van der Waals surface area contributed by atoms with Crippen LogP contribution in [0.5, 0.6) is 0 Å². The fourth-order valence-corrected chi connectivity index (χ4v) is 3.10. The summed E-state index contributed by atoms with van der Waals surface area (Å²) < 4.78 is 15.9. The van der Waals surface area contributed by atoms with Crippen molar-refractivity contribution in [2.24, 2.45) is 0 Å². The third-order valence-corrected chi connectivity index (χ3v) is 5.26. The van der Waals surface area contributed by atoms with Crippen LogP contribution in [0.3, 0.4) is 0 Å². The fraction of sp³-hybridized carbons (Fsp3) is 0.900. The van der Waals surface area contributed by atoms with Gasteiger partial charge in [-0.25, -0.2) is 0 Å². The maximum Gasteiger partial charge on any atom is 0.500 e. The lowest BCUT2D eigenvalue weighted by molar-refractivity contribution is -0.116. The van der Waals surface area contributed by atoms with E-state index in [0.717, 1.165) is 25.6 Å². The number of carbonyl (C=O) groups excluding carboxylic acids is 1. The van der Waals surface area contributed by atoms with Crippen molar-refractivity contribution in [3.63, 3.8) is 0 Å². The van der Waals surface area contributed by atoms with Crippen LogP contribution in [0, 0.1) is 0 Å². The van der Waals surface area contributed by atoms with Crippen molar-refractivity contribution >= 4 is 14.6 Å². The summed E-state index contributed by atoms with van der Waals surface area (Å²) >= 11 is 0. The van der Waals surface area contributed by atoms with Gasteiger partial charge in [-0.15, -0.1) is 0 Å². The Morgan fingerprint density at radius 1 is 1.12 bits per heavy atom. The number of rotatable bonds is 10. The van der Waals surface area contributed by atoms with E-state index < -0.39 is 8.80 Å². The third-order valence-electron chi connectivity index (χ3n) is 2.42. The average molecular weight is 249 g/mol. The van der Waals surface area contributed by atoms with Gasteiger partial charge in [0.15, 0.2) is 0 Å². The Kier molecular flexibility index (Phi) is 8.68. The Labute approximate surface area is 98.8 Å². The predicted octanol–water partition coefficient (Wildman–Crippen LogP) is 0.823. The standard InChI is InChI=1S/C10H23NO4Si/c1-10(12)6-8-11-7-5-9-16(13-2,14-3)15-4/h11H,5-9H2,1-4H3. The molecule has 0 bridgehead atoms. The zero-order valence-electron chi connectivity index (χ0n) is 10.7. The van der Waals surface area contributed by atoms with Crippen LogP contribution in [0.15, 0.2) is 0 Å². The van der Waals surface area contributed by atoms with Gasteiger partial charge < -0.3 is 18.6 Å². The Balaban J connectivity index is 3.59. The quantitative estimate of drug-likeness (QED) is 0.459. The predicted molar refractivity (Wildman–Crippen MR) is 64.4 cm³/mol. The van der Waals surface area contributed by atoms with Crippen LogP contribution in [-0.4, -0.2) is 49.0 Å². The van der Waals surface area contributed by atoms with E-state index in [2.05, 4.69) is 5.32 Å². The highest BCUT2D eigenvalue weighted by Crippen LogP contribution is 2.14. The number of carbonyl (C=O) groups is 1. The molecule has 0 rings (SSSR count). The van der Waals surface area contributed by atoms with Crippen molar-refractivity contribution in [1.29, 1.82) is 0 Å². The van der Waals surface area contributed by atoms with Gasteiger partial charge >= 0.3 is 8.80 Å². The molecule has 16 heavy (non-hydrogen) atoms. The van der Waals surface area contributed by atoms with E-state index in [4.69, 9.17) is 13.3 Å². The van der Waals surface area contributed by atoms with Gasteiger partial charge in [0.1, 0.15) is 5.78 Å². The van der Waals surface area contributed by atoms with E-state index >= 15 is 0 Å². The van der Waals surface area contributed by atoms with E-state index in [9.17, 15) is 4.79 Å². The van der Waals surface area contributed by atoms with Gasteiger partial charge in [0, 0.05) is 40.3 Å². The summed E-state index contributed by atoms with van der Waals surface area (Å²) in [5, 5.41) is 3.20. The summed E-state index contributed by atoms with van der Waals surface area (Å²) in [7, 11) is 2.43. The molecule has 0 fully saturated rings. The number of hydrogen-bond donors (Lipinski definition) is 1. The highest BCUT2D eigenvalue weighted by molar-refractivity contribution is 6.60. The van der Waals surface area contributed by atoms with Gasteiger partial charge in [-0.3, -0.25) is 4.79 Å². The Morgan fingerprint density at radius 3 is 2.12 bits per heavy atom. The first-order valence-electron chi connectivity index (χ1n) is 5.46. The molecule has 0 aromatic rings. The summed E-state index contributed by atoms with van der Waals surface area (Å²) in [5.74, 6) is 0.210. The minimum absolute atomic E-state index is 0.210. The highest BCUT2D eigenvalue weighted by Gasteiger charge is 2.36. The zero-order valence-corrected chi connectivity index (χ0v) is 11.7. The molecule has 0 unspecified atom stereocenters. The van der Waals surface area contributed by atoms with Crippen LogP contribution < -0.4 is 5.32 Å². The lowest BCUT2D eigenvalue weighted by Gasteiger charge is -2.24. The van der Waals surface area contributed by atoms with Gasteiger partial charge in [0.25, 0.3) is 0 Å². The van der Waals surface area contributed by atoms with Crippen molar-refractivity contribution in [2.75, 3.05) is 34.4 Å². The van der Waals surface area contributed by atoms with Crippen LogP contribution in [0.25, 0.3) is 0 Å². The molecule has 0 atom stereocenters. The summed E-state index contributed by atoms with van der Waals surface area (Å²) in [6.07, 6.45) is 1.50. The number of hydrogen-bond acceptors (Lipinski definition) is 5. The van der Waals surface area contributed by atoms with E-state index in [1.165, 1.54) is 0 Å². The molecule has 0 heterocycles. The average Bonchev–Trinajstić information content (AvgIpc) is 2.29. The smallest absolute Gasteiger partial charge is 0.377 e. The van der Waals surface area contributed by atoms with Gasteiger partial charge in [-0.05, 0) is 19.9 Å². The van der Waals surface area contributed by atoms with E-state index in [1.807, 2.05) is 0 Å². The topological polar surface area (TPSA) is 56.8 Å². The van der Waals surface area contributed by atoms with Crippen LogP contribution >= 0.6 is 0 Å². The zero-order chi connectivity index (χ0) is 12.4. The minimum Gasteiger partial charge on any atom is -0.377 e. The molecule has 0 aromatic carbocycles. The second kappa shape index (κ2) is 8.83. The minimum atomic E-state index is -2.41. The number of ketones is 1. The maximum absolute atomic E-state index is 10.7. The Bertz CT molecular complexity index is 189. The van der Waals surface area contributed by atoms with E-state index in [-0.39, 0.29) is 5.78 Å².